The lowest BCUT2D eigenvalue weighted by molar-refractivity contribution is 0.0677. The fraction of sp³-hybridized carbons (Fsp3) is 0.538. The maximum Gasteiger partial charge on any atom is 0.0921 e. The van der Waals surface area contributed by atoms with Gasteiger partial charge in [-0.25, -0.2) is 0 Å². The van der Waals surface area contributed by atoms with E-state index in [0.29, 0.717) is 0 Å². The molecule has 1 rings (SSSR count). The van der Waals surface area contributed by atoms with Crippen LogP contribution in [0.2, 0.25) is 0 Å². The van der Waals surface area contributed by atoms with E-state index in [9.17, 15) is 0 Å². The summed E-state index contributed by atoms with van der Waals surface area (Å²) >= 11 is 3.50. The van der Waals surface area contributed by atoms with Crippen LogP contribution >= 0.6 is 15.9 Å². The van der Waals surface area contributed by atoms with Gasteiger partial charge in [-0.2, -0.15) is 0 Å². The number of hydrogen-bond acceptors (Lipinski definition) is 1. The molecule has 2 heteroatoms. The van der Waals surface area contributed by atoms with Gasteiger partial charge in [0.25, 0.3) is 0 Å². The third kappa shape index (κ3) is 4.35. The summed E-state index contributed by atoms with van der Waals surface area (Å²) in [6.07, 6.45) is 2.51. The van der Waals surface area contributed by atoms with Crippen LogP contribution in [0.25, 0.3) is 0 Å². The molecule has 84 valence electrons. The van der Waals surface area contributed by atoms with Gasteiger partial charge in [0.2, 0.25) is 0 Å². The van der Waals surface area contributed by atoms with Crippen molar-refractivity contribution in [3.8, 4) is 0 Å². The topological polar surface area (TPSA) is 9.23 Å². The van der Waals surface area contributed by atoms with Gasteiger partial charge in [-0.05, 0) is 18.9 Å². The number of unbranched alkanes of at least 4 members (excludes halogenated alkanes) is 1. The smallest absolute Gasteiger partial charge is 0.0921 e. The number of ether oxygens (including phenoxy) is 1. The molecule has 0 bridgehead atoms. The van der Waals surface area contributed by atoms with Gasteiger partial charge < -0.3 is 4.74 Å². The second-order valence-corrected chi connectivity index (χ2v) is 4.43. The van der Waals surface area contributed by atoms with Gasteiger partial charge >= 0.3 is 0 Å². The quantitative estimate of drug-likeness (QED) is 0.555. The molecule has 0 saturated heterocycles. The molecule has 1 nitrogen and oxygen atoms in total. The minimum absolute atomic E-state index is 0.192. The standard InChI is InChI=1S/C13H19BrO/c1-3-4-9-15-13(10-14)12-7-5-11(2)6-8-12/h5-8,13H,3-4,9-10H2,1-2H3. The van der Waals surface area contributed by atoms with Crippen molar-refractivity contribution >= 4 is 15.9 Å². The van der Waals surface area contributed by atoms with Crippen LogP contribution in [0.15, 0.2) is 24.3 Å². The van der Waals surface area contributed by atoms with Gasteiger partial charge in [-0.1, -0.05) is 59.1 Å². The molecule has 1 atom stereocenters. The fourth-order valence-corrected chi connectivity index (χ4v) is 1.94. The van der Waals surface area contributed by atoms with Crippen LogP contribution in [-0.4, -0.2) is 11.9 Å². The Bertz CT molecular complexity index is 268. The van der Waals surface area contributed by atoms with Gasteiger partial charge in [0.15, 0.2) is 0 Å². The van der Waals surface area contributed by atoms with Crippen molar-refractivity contribution < 1.29 is 4.74 Å². The minimum atomic E-state index is 0.192. The Morgan fingerprint density at radius 3 is 2.47 bits per heavy atom. The van der Waals surface area contributed by atoms with Gasteiger partial charge in [-0.3, -0.25) is 0 Å². The largest absolute Gasteiger partial charge is 0.373 e. The van der Waals surface area contributed by atoms with Crippen molar-refractivity contribution in [2.45, 2.75) is 32.8 Å². The Kier molecular flexibility index (Phi) is 5.96. The lowest BCUT2D eigenvalue weighted by Gasteiger charge is -2.15. The van der Waals surface area contributed by atoms with E-state index in [1.807, 2.05) is 0 Å². The molecule has 1 aromatic carbocycles. The predicted molar refractivity (Wildman–Crippen MR) is 68.6 cm³/mol. The summed E-state index contributed by atoms with van der Waals surface area (Å²) in [5.41, 5.74) is 2.55. The van der Waals surface area contributed by atoms with Crippen molar-refractivity contribution in [3.63, 3.8) is 0 Å². The molecular formula is C13H19BrO. The highest BCUT2D eigenvalue weighted by Gasteiger charge is 2.09. The maximum atomic E-state index is 5.81. The first kappa shape index (κ1) is 12.7. The fourth-order valence-electron chi connectivity index (χ4n) is 1.38. The minimum Gasteiger partial charge on any atom is -0.373 e. The molecule has 0 aliphatic heterocycles. The number of hydrogen-bond donors (Lipinski definition) is 0. The zero-order valence-corrected chi connectivity index (χ0v) is 11.1. The van der Waals surface area contributed by atoms with E-state index >= 15 is 0 Å². The van der Waals surface area contributed by atoms with Crippen molar-refractivity contribution in [1.29, 1.82) is 0 Å². The summed E-state index contributed by atoms with van der Waals surface area (Å²) in [7, 11) is 0. The molecule has 1 aromatic rings. The average Bonchev–Trinajstić information content (AvgIpc) is 2.26. The molecule has 0 radical (unpaired) electrons. The van der Waals surface area contributed by atoms with Crippen LogP contribution in [0, 0.1) is 6.92 Å². The summed E-state index contributed by atoms with van der Waals surface area (Å²) in [4.78, 5) is 0. The highest BCUT2D eigenvalue weighted by Crippen LogP contribution is 2.20. The molecule has 0 saturated carbocycles. The molecular weight excluding hydrogens is 252 g/mol. The van der Waals surface area contributed by atoms with Crippen LogP contribution in [0.3, 0.4) is 0 Å². The van der Waals surface area contributed by atoms with E-state index in [4.69, 9.17) is 4.74 Å². The number of halogens is 1. The molecule has 0 spiro atoms. The third-order valence-electron chi connectivity index (χ3n) is 2.41. The van der Waals surface area contributed by atoms with E-state index in [1.165, 1.54) is 17.5 Å². The number of benzene rings is 1. The van der Waals surface area contributed by atoms with Crippen LogP contribution in [0.5, 0.6) is 0 Å². The zero-order chi connectivity index (χ0) is 11.1. The average molecular weight is 271 g/mol. The Balaban J connectivity index is 2.53. The van der Waals surface area contributed by atoms with Gasteiger partial charge in [0.05, 0.1) is 6.10 Å². The molecule has 0 fully saturated rings. The van der Waals surface area contributed by atoms with Crippen molar-refractivity contribution in [1.82, 2.24) is 0 Å². The van der Waals surface area contributed by atoms with E-state index in [0.717, 1.165) is 18.4 Å². The summed E-state index contributed by atoms with van der Waals surface area (Å²) in [6.45, 7) is 5.13. The van der Waals surface area contributed by atoms with Crippen molar-refractivity contribution in [3.05, 3.63) is 35.4 Å². The second kappa shape index (κ2) is 7.02. The first-order chi connectivity index (χ1) is 7.27. The second-order valence-electron chi connectivity index (χ2n) is 3.78. The lowest BCUT2D eigenvalue weighted by Crippen LogP contribution is -2.06. The molecule has 0 aliphatic rings. The molecule has 0 heterocycles. The van der Waals surface area contributed by atoms with E-state index in [2.05, 4.69) is 54.0 Å². The van der Waals surface area contributed by atoms with Gasteiger partial charge in [-0.15, -0.1) is 0 Å². The third-order valence-corrected chi connectivity index (χ3v) is 2.99. The Labute approximate surface area is 101 Å². The normalized spacial score (nSPS) is 12.7. The first-order valence-electron chi connectivity index (χ1n) is 5.52. The first-order valence-corrected chi connectivity index (χ1v) is 6.64. The van der Waals surface area contributed by atoms with Crippen LogP contribution in [0.1, 0.15) is 37.0 Å². The molecule has 15 heavy (non-hydrogen) atoms. The zero-order valence-electron chi connectivity index (χ0n) is 9.50. The molecule has 0 amide bonds. The van der Waals surface area contributed by atoms with E-state index in [1.54, 1.807) is 0 Å². The highest BCUT2D eigenvalue weighted by atomic mass is 79.9. The maximum absolute atomic E-state index is 5.81. The Hall–Kier alpha value is -0.340. The van der Waals surface area contributed by atoms with Crippen molar-refractivity contribution in [2.75, 3.05) is 11.9 Å². The Morgan fingerprint density at radius 1 is 1.27 bits per heavy atom. The molecule has 0 aromatic heterocycles. The van der Waals surface area contributed by atoms with Gasteiger partial charge in [0.1, 0.15) is 0 Å². The summed E-state index contributed by atoms with van der Waals surface area (Å²) in [5, 5.41) is 0.861. The monoisotopic (exact) mass is 270 g/mol. The molecule has 0 aliphatic carbocycles. The molecule has 0 N–H and O–H groups in total. The van der Waals surface area contributed by atoms with Crippen LogP contribution in [0.4, 0.5) is 0 Å². The number of alkyl halides is 1. The summed E-state index contributed by atoms with van der Waals surface area (Å²) in [5.74, 6) is 0. The molecule has 1 unspecified atom stereocenters. The van der Waals surface area contributed by atoms with E-state index in [-0.39, 0.29) is 6.10 Å². The van der Waals surface area contributed by atoms with E-state index < -0.39 is 0 Å². The van der Waals surface area contributed by atoms with Gasteiger partial charge in [0, 0.05) is 11.9 Å². The Morgan fingerprint density at radius 2 is 1.93 bits per heavy atom. The number of aryl methyl sites for hydroxylation is 1. The van der Waals surface area contributed by atoms with Crippen molar-refractivity contribution in [2.24, 2.45) is 0 Å². The van der Waals surface area contributed by atoms with Crippen LogP contribution in [-0.2, 0) is 4.74 Å². The summed E-state index contributed by atoms with van der Waals surface area (Å²) in [6, 6.07) is 8.56. The van der Waals surface area contributed by atoms with Crippen LogP contribution < -0.4 is 0 Å². The SMILES string of the molecule is CCCCOC(CBr)c1ccc(C)cc1. The number of rotatable bonds is 6. The highest BCUT2D eigenvalue weighted by molar-refractivity contribution is 9.09. The summed E-state index contributed by atoms with van der Waals surface area (Å²) < 4.78 is 5.81. The predicted octanol–water partition coefficient (Wildman–Crippen LogP) is 4.25. The lowest BCUT2D eigenvalue weighted by atomic mass is 10.1.